The summed E-state index contributed by atoms with van der Waals surface area (Å²) in [6.07, 6.45) is 17.0. The van der Waals surface area contributed by atoms with Crippen LogP contribution in [0.1, 0.15) is 80.9 Å². The fourth-order valence-corrected chi connectivity index (χ4v) is 13.2. The average Bonchev–Trinajstić information content (AvgIpc) is 3.07. The molecule has 7 rings (SSSR count). The fraction of sp³-hybridized carbons (Fsp3) is 0.366. The van der Waals surface area contributed by atoms with E-state index in [4.69, 9.17) is 0 Å². The van der Waals surface area contributed by atoms with Crippen LogP contribution in [0.2, 0.25) is 0 Å². The van der Waals surface area contributed by atoms with E-state index in [0.717, 1.165) is 26.1 Å². The summed E-state index contributed by atoms with van der Waals surface area (Å²) < 4.78 is 0. The van der Waals surface area contributed by atoms with E-state index in [0.29, 0.717) is 0 Å². The van der Waals surface area contributed by atoms with E-state index in [1.807, 2.05) is 0 Å². The van der Waals surface area contributed by atoms with Gasteiger partial charge in [0.25, 0.3) is 0 Å². The molecule has 2 saturated carbocycles. The van der Waals surface area contributed by atoms with E-state index in [1.165, 1.54) is 108 Å². The van der Waals surface area contributed by atoms with Crippen molar-refractivity contribution in [2.24, 2.45) is 0 Å². The Bertz CT molecular complexity index is 1670. The quantitative estimate of drug-likeness (QED) is 0.155. The van der Waals surface area contributed by atoms with E-state index in [1.54, 1.807) is 16.7 Å². The first kappa shape index (κ1) is 29.2. The largest absolute Gasteiger partial charge is 0.0958 e. The molecule has 2 aliphatic rings. The summed E-state index contributed by atoms with van der Waals surface area (Å²) in [6, 6.07) is 37.0. The summed E-state index contributed by atoms with van der Waals surface area (Å²) in [6.45, 7) is 2.29. The second-order valence-electron chi connectivity index (χ2n) is 13.1. The lowest BCUT2D eigenvalue weighted by Crippen LogP contribution is -2.22. The zero-order valence-electron chi connectivity index (χ0n) is 25.8. The Morgan fingerprint density at radius 3 is 1.95 bits per heavy atom. The highest BCUT2D eigenvalue weighted by molar-refractivity contribution is 7.58. The number of hydrogen-bond donors (Lipinski definition) is 0. The third kappa shape index (κ3) is 6.35. The first-order valence-corrected chi connectivity index (χ1v) is 19.7. The number of rotatable bonds is 8. The van der Waals surface area contributed by atoms with Gasteiger partial charge in [0.2, 0.25) is 0 Å². The van der Waals surface area contributed by atoms with Gasteiger partial charge >= 0.3 is 0 Å². The second kappa shape index (κ2) is 13.6. The van der Waals surface area contributed by atoms with Gasteiger partial charge in [0.05, 0.1) is 0 Å². The lowest BCUT2D eigenvalue weighted by molar-refractivity contribution is 0.484. The molecule has 0 amide bonds. The molecule has 1 atom stereocenters. The van der Waals surface area contributed by atoms with Crippen molar-refractivity contribution in [1.82, 2.24) is 0 Å². The minimum absolute atomic E-state index is 0.0628. The van der Waals surface area contributed by atoms with Crippen LogP contribution in [0.5, 0.6) is 0 Å². The monoisotopic (exact) mass is 600 g/mol. The molecule has 43 heavy (non-hydrogen) atoms. The third-order valence-corrected chi connectivity index (χ3v) is 15.4. The van der Waals surface area contributed by atoms with Gasteiger partial charge in [0, 0.05) is 0 Å². The van der Waals surface area contributed by atoms with Crippen LogP contribution >= 0.6 is 16.5 Å². The average molecular weight is 601 g/mol. The van der Waals surface area contributed by atoms with Crippen molar-refractivity contribution in [3.05, 3.63) is 114 Å². The first-order chi connectivity index (χ1) is 21.3. The van der Waals surface area contributed by atoms with Gasteiger partial charge in [-0.05, 0) is 111 Å². The van der Waals surface area contributed by atoms with Gasteiger partial charge in [0.15, 0.2) is 0 Å². The summed E-state index contributed by atoms with van der Waals surface area (Å²) in [7, 11) is 0.737. The van der Waals surface area contributed by atoms with Crippen LogP contribution in [0.3, 0.4) is 0 Å². The van der Waals surface area contributed by atoms with Crippen molar-refractivity contribution in [1.29, 1.82) is 0 Å². The molecule has 2 heteroatoms. The molecule has 0 bridgehead atoms. The molecule has 0 heterocycles. The number of aryl methyl sites for hydroxylation is 1. The predicted octanol–water partition coefficient (Wildman–Crippen LogP) is 12.1. The van der Waals surface area contributed by atoms with Crippen LogP contribution in [0.4, 0.5) is 0 Å². The Morgan fingerprint density at radius 2 is 1.23 bits per heavy atom. The standard InChI is InChI=1S/C41H46P2/c1-30-15-8-13-26-40(30)42-28-33-27-32-17-10-12-24-37(32)41(38-25-14-18-31-16-9-11-23-36(31)38)39(33)29-43(34-19-4-2-5-20-34)35-21-6-3-7-22-35/h8-18,23-27,34-35,42H,2-7,19-22,28-29H2,1H3. The van der Waals surface area contributed by atoms with Crippen molar-refractivity contribution in [2.75, 3.05) is 0 Å². The van der Waals surface area contributed by atoms with Crippen LogP contribution in [0.25, 0.3) is 32.7 Å². The number of benzene rings is 5. The third-order valence-electron chi connectivity index (χ3n) is 10.4. The molecule has 0 saturated heterocycles. The van der Waals surface area contributed by atoms with Crippen molar-refractivity contribution in [3.8, 4) is 11.1 Å². The number of fused-ring (bicyclic) bond motifs is 2. The van der Waals surface area contributed by atoms with Gasteiger partial charge in [0.1, 0.15) is 0 Å². The van der Waals surface area contributed by atoms with Gasteiger partial charge in [-0.3, -0.25) is 0 Å². The molecule has 0 N–H and O–H groups in total. The van der Waals surface area contributed by atoms with Gasteiger partial charge in [-0.1, -0.05) is 152 Å². The molecule has 5 aromatic rings. The Labute approximate surface area is 262 Å². The molecular formula is C41H46P2. The van der Waals surface area contributed by atoms with Gasteiger partial charge in [-0.15, -0.1) is 0 Å². The molecule has 0 aliphatic heterocycles. The summed E-state index contributed by atoms with van der Waals surface area (Å²) in [5.74, 6) is 0. The zero-order valence-corrected chi connectivity index (χ0v) is 27.7. The molecule has 0 spiro atoms. The normalized spacial score (nSPS) is 17.1. The van der Waals surface area contributed by atoms with E-state index in [2.05, 4.69) is 104 Å². The SMILES string of the molecule is Cc1ccccc1PCc1cc2ccccc2c(-c2cccc3ccccc23)c1CP(C1CCCCC1)C1CCCCC1. The Balaban J connectivity index is 1.43. The predicted molar refractivity (Wildman–Crippen MR) is 194 cm³/mol. The van der Waals surface area contributed by atoms with Crippen molar-refractivity contribution in [2.45, 2.75) is 94.8 Å². The first-order valence-electron chi connectivity index (χ1n) is 16.8. The lowest BCUT2D eigenvalue weighted by Gasteiger charge is -2.39. The van der Waals surface area contributed by atoms with Crippen molar-refractivity contribution >= 4 is 43.4 Å². The molecule has 0 radical (unpaired) electrons. The molecule has 5 aromatic carbocycles. The second-order valence-corrected chi connectivity index (χ2v) is 17.1. The van der Waals surface area contributed by atoms with E-state index in [-0.39, 0.29) is 7.92 Å². The summed E-state index contributed by atoms with van der Waals surface area (Å²) in [5.41, 5.74) is 9.62. The minimum atomic E-state index is -0.0628. The van der Waals surface area contributed by atoms with Crippen molar-refractivity contribution in [3.63, 3.8) is 0 Å². The Kier molecular flexibility index (Phi) is 9.26. The van der Waals surface area contributed by atoms with Crippen LogP contribution in [0.15, 0.2) is 97.1 Å². The molecule has 1 unspecified atom stereocenters. The summed E-state index contributed by atoms with van der Waals surface area (Å²) in [5, 5.41) is 7.12. The van der Waals surface area contributed by atoms with Crippen LogP contribution in [0, 0.1) is 6.92 Å². The highest BCUT2D eigenvalue weighted by atomic mass is 31.1. The van der Waals surface area contributed by atoms with E-state index < -0.39 is 0 Å². The zero-order chi connectivity index (χ0) is 29.0. The number of hydrogen-bond acceptors (Lipinski definition) is 0. The molecule has 0 nitrogen and oxygen atoms in total. The van der Waals surface area contributed by atoms with Gasteiger partial charge in [-0.25, -0.2) is 0 Å². The van der Waals surface area contributed by atoms with Crippen LogP contribution < -0.4 is 5.30 Å². The Morgan fingerprint density at radius 1 is 0.628 bits per heavy atom. The molecule has 2 fully saturated rings. The molecule has 0 aromatic heterocycles. The van der Waals surface area contributed by atoms with Gasteiger partial charge in [-0.2, -0.15) is 0 Å². The molecule has 220 valence electrons. The highest BCUT2D eigenvalue weighted by Gasteiger charge is 2.32. The maximum atomic E-state index is 2.60. The minimum Gasteiger partial charge on any atom is -0.0958 e. The Hall–Kier alpha value is -2.52. The molecular weight excluding hydrogens is 554 g/mol. The van der Waals surface area contributed by atoms with E-state index in [9.17, 15) is 0 Å². The van der Waals surface area contributed by atoms with Crippen molar-refractivity contribution < 1.29 is 0 Å². The van der Waals surface area contributed by atoms with E-state index >= 15 is 0 Å². The van der Waals surface area contributed by atoms with Gasteiger partial charge < -0.3 is 0 Å². The maximum absolute atomic E-state index is 2.60. The highest BCUT2D eigenvalue weighted by Crippen LogP contribution is 2.59. The molecule has 2 aliphatic carbocycles. The van der Waals surface area contributed by atoms with Crippen LogP contribution in [-0.4, -0.2) is 11.3 Å². The van der Waals surface area contributed by atoms with Crippen LogP contribution in [-0.2, 0) is 12.3 Å². The fourth-order valence-electron chi connectivity index (χ4n) is 8.06. The summed E-state index contributed by atoms with van der Waals surface area (Å²) in [4.78, 5) is 0. The maximum Gasteiger partial charge on any atom is -0.00568 e. The topological polar surface area (TPSA) is 0 Å². The lowest BCUT2D eigenvalue weighted by atomic mass is 9.88. The smallest absolute Gasteiger partial charge is 0.00568 e. The summed E-state index contributed by atoms with van der Waals surface area (Å²) >= 11 is 0.